The van der Waals surface area contributed by atoms with Gasteiger partial charge in [-0.2, -0.15) is 0 Å². The Hall–Kier alpha value is 0. The van der Waals surface area contributed by atoms with Gasteiger partial charge in [-0.15, -0.1) is 0 Å². The second-order valence-corrected chi connectivity index (χ2v) is 3.65. The summed E-state index contributed by atoms with van der Waals surface area (Å²) in [6.07, 6.45) is 11.9. The van der Waals surface area contributed by atoms with Crippen LogP contribution in [0.4, 0.5) is 0 Å². The van der Waals surface area contributed by atoms with Crippen molar-refractivity contribution >= 4 is 0 Å². The smallest absolute Gasteiger partial charge is 0.0414 e. The van der Waals surface area contributed by atoms with Crippen molar-refractivity contribution in [3.8, 4) is 0 Å². The van der Waals surface area contributed by atoms with Gasteiger partial charge < -0.3 is 0 Å². The topological polar surface area (TPSA) is 0 Å². The summed E-state index contributed by atoms with van der Waals surface area (Å²) in [5.74, 6) is 1.11. The van der Waals surface area contributed by atoms with E-state index >= 15 is 0 Å². The third-order valence-electron chi connectivity index (χ3n) is 2.69. The minimum atomic E-state index is 1.11. The molecule has 0 N–H and O–H groups in total. The highest BCUT2D eigenvalue weighted by molar-refractivity contribution is 4.65. The van der Waals surface area contributed by atoms with Gasteiger partial charge in [0.1, 0.15) is 0 Å². The van der Waals surface area contributed by atoms with E-state index in [0.29, 0.717) is 0 Å². The van der Waals surface area contributed by atoms with Crippen LogP contribution in [0.1, 0.15) is 99.8 Å². The Morgan fingerprint density at radius 1 is 0.750 bits per heavy atom. The van der Waals surface area contributed by atoms with Gasteiger partial charge in [0, 0.05) is 0 Å². The van der Waals surface area contributed by atoms with Gasteiger partial charge in [0.25, 0.3) is 0 Å². The lowest BCUT2D eigenvalue weighted by atomic mass is 9.86. The molecule has 0 aromatic heterocycles. The molecule has 0 heterocycles. The third kappa shape index (κ3) is 16.4. The first kappa shape index (κ1) is 21.3. The number of hydrogen-bond acceptors (Lipinski definition) is 0. The highest BCUT2D eigenvalue weighted by Gasteiger charge is 2.11. The second-order valence-electron chi connectivity index (χ2n) is 3.65. The molecule has 0 amide bonds. The summed E-state index contributed by atoms with van der Waals surface area (Å²) < 4.78 is 0. The summed E-state index contributed by atoms with van der Waals surface area (Å²) in [5.41, 5.74) is 0. The Kier molecular flexibility index (Phi) is 32.3. The van der Waals surface area contributed by atoms with Crippen LogP contribution in [-0.4, -0.2) is 0 Å². The molecule has 1 fully saturated rings. The molecule has 1 aliphatic carbocycles. The second kappa shape index (κ2) is 24.3. The van der Waals surface area contributed by atoms with E-state index in [0.717, 1.165) is 5.92 Å². The lowest BCUT2D eigenvalue weighted by Gasteiger charge is -2.20. The minimum absolute atomic E-state index is 1.11. The molecule has 0 atom stereocenters. The van der Waals surface area contributed by atoms with Crippen molar-refractivity contribution in [2.45, 2.75) is 99.8 Å². The molecular weight excluding hydrogens is 192 g/mol. The third-order valence-corrected chi connectivity index (χ3v) is 2.69. The number of rotatable bonds is 3. The molecule has 102 valence electrons. The molecule has 1 saturated carbocycles. The van der Waals surface area contributed by atoms with E-state index in [1.54, 1.807) is 0 Å². The van der Waals surface area contributed by atoms with Gasteiger partial charge in [-0.1, -0.05) is 99.8 Å². The van der Waals surface area contributed by atoms with Crippen LogP contribution >= 0.6 is 0 Å². The van der Waals surface area contributed by atoms with E-state index in [2.05, 4.69) is 6.92 Å². The zero-order valence-electron chi connectivity index (χ0n) is 13.2. The molecule has 0 nitrogen and oxygen atoms in total. The van der Waals surface area contributed by atoms with Crippen LogP contribution in [0.25, 0.3) is 0 Å². The van der Waals surface area contributed by atoms with Gasteiger partial charge in [0.15, 0.2) is 0 Å². The van der Waals surface area contributed by atoms with Crippen LogP contribution in [-0.2, 0) is 0 Å². The fourth-order valence-corrected chi connectivity index (χ4v) is 1.97. The van der Waals surface area contributed by atoms with Crippen molar-refractivity contribution in [2.75, 3.05) is 0 Å². The molecular formula is C16H38. The predicted molar refractivity (Wildman–Crippen MR) is 80.1 cm³/mol. The first-order chi connectivity index (χ1) is 7.93. The summed E-state index contributed by atoms with van der Waals surface area (Å²) >= 11 is 0. The quantitative estimate of drug-likeness (QED) is 0.498. The van der Waals surface area contributed by atoms with Crippen molar-refractivity contribution in [3.05, 3.63) is 0 Å². The average Bonchev–Trinajstić information content (AvgIpc) is 2.44. The monoisotopic (exact) mass is 230 g/mol. The summed E-state index contributed by atoms with van der Waals surface area (Å²) in [5, 5.41) is 0. The zero-order valence-corrected chi connectivity index (χ0v) is 13.2. The lowest BCUT2D eigenvalue weighted by Crippen LogP contribution is -2.05. The molecule has 0 aromatic rings. The fourth-order valence-electron chi connectivity index (χ4n) is 1.97. The van der Waals surface area contributed by atoms with Crippen LogP contribution in [0, 0.1) is 5.92 Å². The van der Waals surface area contributed by atoms with Gasteiger partial charge in [0.05, 0.1) is 0 Å². The maximum atomic E-state index is 2.29. The molecule has 0 unspecified atom stereocenters. The highest BCUT2D eigenvalue weighted by Crippen LogP contribution is 2.27. The molecule has 16 heavy (non-hydrogen) atoms. The van der Waals surface area contributed by atoms with E-state index < -0.39 is 0 Å². The largest absolute Gasteiger partial charge is 0.0683 e. The van der Waals surface area contributed by atoms with Crippen molar-refractivity contribution in [1.82, 2.24) is 0 Å². The van der Waals surface area contributed by atoms with Crippen molar-refractivity contribution in [2.24, 2.45) is 5.92 Å². The molecule has 0 spiro atoms. The van der Waals surface area contributed by atoms with Crippen molar-refractivity contribution < 1.29 is 0 Å². The number of unbranched alkanes of at least 4 members (excludes halogenated alkanes) is 1. The van der Waals surface area contributed by atoms with Crippen molar-refractivity contribution in [1.29, 1.82) is 0 Å². The Morgan fingerprint density at radius 2 is 1.19 bits per heavy atom. The summed E-state index contributed by atoms with van der Waals surface area (Å²) in [4.78, 5) is 0. The first-order valence-corrected chi connectivity index (χ1v) is 7.93. The van der Waals surface area contributed by atoms with Crippen molar-refractivity contribution in [3.63, 3.8) is 0 Å². The van der Waals surface area contributed by atoms with E-state index in [4.69, 9.17) is 0 Å². The molecule has 0 saturated heterocycles. The van der Waals surface area contributed by atoms with Crippen LogP contribution in [0.5, 0.6) is 0 Å². The number of hydrogen-bond donors (Lipinski definition) is 0. The standard InChI is InChI=1S/C10H20.3C2H6/c1-2-3-7-10-8-5-4-6-9-10;3*1-2/h10H,2-9H2,1H3;3*1-2H3. The predicted octanol–water partition coefficient (Wildman–Crippen LogP) is 6.84. The summed E-state index contributed by atoms with van der Waals surface area (Å²) in [6.45, 7) is 14.3. The van der Waals surface area contributed by atoms with E-state index in [1.165, 1.54) is 51.4 Å². The Bertz CT molecular complexity index is 70.1. The first-order valence-electron chi connectivity index (χ1n) is 7.93. The van der Waals surface area contributed by atoms with E-state index in [-0.39, 0.29) is 0 Å². The van der Waals surface area contributed by atoms with Gasteiger partial charge in [-0.25, -0.2) is 0 Å². The van der Waals surface area contributed by atoms with Crippen LogP contribution < -0.4 is 0 Å². The van der Waals surface area contributed by atoms with Gasteiger partial charge in [-0.05, 0) is 5.92 Å². The molecule has 0 radical (unpaired) electrons. The van der Waals surface area contributed by atoms with E-state index in [9.17, 15) is 0 Å². The lowest BCUT2D eigenvalue weighted by molar-refractivity contribution is 0.331. The molecule has 0 aliphatic heterocycles. The van der Waals surface area contributed by atoms with Crippen LogP contribution in [0.3, 0.4) is 0 Å². The van der Waals surface area contributed by atoms with Gasteiger partial charge in [0.2, 0.25) is 0 Å². The van der Waals surface area contributed by atoms with Crippen LogP contribution in [0.15, 0.2) is 0 Å². The average molecular weight is 230 g/mol. The molecule has 0 bridgehead atoms. The maximum absolute atomic E-state index is 2.29. The molecule has 1 aliphatic rings. The van der Waals surface area contributed by atoms with Crippen LogP contribution in [0.2, 0.25) is 0 Å². The fraction of sp³-hybridized carbons (Fsp3) is 1.00. The van der Waals surface area contributed by atoms with Gasteiger partial charge >= 0.3 is 0 Å². The molecule has 1 rings (SSSR count). The molecule has 0 heteroatoms. The molecule has 0 aromatic carbocycles. The van der Waals surface area contributed by atoms with Gasteiger partial charge in [-0.3, -0.25) is 0 Å². The Labute approximate surface area is 106 Å². The Balaban J connectivity index is -0.000000245. The maximum Gasteiger partial charge on any atom is -0.0414 e. The SMILES string of the molecule is CC.CC.CC.CCCCC1CCCCC1. The Morgan fingerprint density at radius 3 is 1.56 bits per heavy atom. The van der Waals surface area contributed by atoms with E-state index in [1.807, 2.05) is 41.5 Å². The summed E-state index contributed by atoms with van der Waals surface area (Å²) in [7, 11) is 0. The highest BCUT2D eigenvalue weighted by atomic mass is 14.2. The normalized spacial score (nSPS) is 14.4. The zero-order chi connectivity index (χ0) is 13.2. The summed E-state index contributed by atoms with van der Waals surface area (Å²) in [6, 6.07) is 0. The minimum Gasteiger partial charge on any atom is -0.0683 e.